The van der Waals surface area contributed by atoms with Crippen LogP contribution >= 0.6 is 35.0 Å². The monoisotopic (exact) mass is 542 g/mol. The van der Waals surface area contributed by atoms with Crippen LogP contribution in [0.25, 0.3) is 0 Å². The molecule has 0 heterocycles. The van der Waals surface area contributed by atoms with E-state index in [2.05, 4.69) is 19.2 Å². The minimum absolute atomic E-state index is 0.0791. The molecule has 3 aromatic carbocycles. The number of amides is 2. The highest BCUT2D eigenvalue weighted by Gasteiger charge is 2.30. The summed E-state index contributed by atoms with van der Waals surface area (Å²) in [6.45, 7) is 5.03. The van der Waals surface area contributed by atoms with Gasteiger partial charge in [-0.2, -0.15) is 0 Å². The van der Waals surface area contributed by atoms with Crippen LogP contribution in [0.4, 0.5) is 0 Å². The Bertz CT molecular complexity index is 1130. The van der Waals surface area contributed by atoms with Crippen LogP contribution in [-0.4, -0.2) is 35.1 Å². The molecule has 1 atom stereocenters. The minimum atomic E-state index is -0.621. The second-order valence-corrected chi connectivity index (χ2v) is 10.9. The fourth-order valence-electron chi connectivity index (χ4n) is 3.73. The fraction of sp³-hybridized carbons (Fsp3) is 0.310. The summed E-state index contributed by atoms with van der Waals surface area (Å²) in [4.78, 5) is 28.7. The molecule has 36 heavy (non-hydrogen) atoms. The van der Waals surface area contributed by atoms with E-state index in [9.17, 15) is 9.59 Å². The molecule has 0 aliphatic carbocycles. The molecule has 0 aliphatic heterocycles. The number of nitrogens with zero attached hydrogens (tertiary/aromatic N) is 1. The van der Waals surface area contributed by atoms with Crippen LogP contribution in [0.1, 0.15) is 30.5 Å². The van der Waals surface area contributed by atoms with Crippen molar-refractivity contribution in [1.29, 1.82) is 0 Å². The van der Waals surface area contributed by atoms with Gasteiger partial charge in [-0.25, -0.2) is 0 Å². The van der Waals surface area contributed by atoms with Crippen molar-refractivity contribution in [3.05, 3.63) is 106 Å². The van der Waals surface area contributed by atoms with Gasteiger partial charge < -0.3 is 10.2 Å². The summed E-state index contributed by atoms with van der Waals surface area (Å²) < 4.78 is 0. The number of thioether (sulfide) groups is 1. The van der Waals surface area contributed by atoms with Crippen molar-refractivity contribution in [3.8, 4) is 0 Å². The molecule has 0 saturated heterocycles. The van der Waals surface area contributed by atoms with Crippen molar-refractivity contribution >= 4 is 46.8 Å². The average molecular weight is 544 g/mol. The molecular weight excluding hydrogens is 511 g/mol. The maximum atomic E-state index is 13.6. The zero-order valence-electron chi connectivity index (χ0n) is 20.6. The maximum Gasteiger partial charge on any atom is 0.243 e. The topological polar surface area (TPSA) is 49.4 Å². The molecule has 0 saturated carbocycles. The largest absolute Gasteiger partial charge is 0.354 e. The lowest BCUT2D eigenvalue weighted by Gasteiger charge is -2.31. The van der Waals surface area contributed by atoms with Gasteiger partial charge in [0.2, 0.25) is 11.8 Å². The van der Waals surface area contributed by atoms with Gasteiger partial charge in [-0.3, -0.25) is 9.59 Å². The number of benzene rings is 3. The van der Waals surface area contributed by atoms with Crippen molar-refractivity contribution < 1.29 is 9.59 Å². The Kier molecular flexibility index (Phi) is 11.2. The van der Waals surface area contributed by atoms with Gasteiger partial charge >= 0.3 is 0 Å². The summed E-state index contributed by atoms with van der Waals surface area (Å²) in [6, 6.07) is 24.5. The maximum absolute atomic E-state index is 13.6. The average Bonchev–Trinajstić information content (AvgIpc) is 2.88. The molecule has 0 bridgehead atoms. The molecule has 4 nitrogen and oxygen atoms in total. The van der Waals surface area contributed by atoms with Gasteiger partial charge in [0.1, 0.15) is 6.04 Å². The molecule has 1 N–H and O–H groups in total. The second-order valence-electron chi connectivity index (χ2n) is 9.09. The lowest BCUT2D eigenvalue weighted by molar-refractivity contribution is -0.139. The summed E-state index contributed by atoms with van der Waals surface area (Å²) in [5.41, 5.74) is 2.99. The molecular formula is C29H32Cl2N2O2S. The zero-order valence-corrected chi connectivity index (χ0v) is 23.0. The molecule has 0 spiro atoms. The second kappa shape index (κ2) is 14.3. The van der Waals surface area contributed by atoms with Crippen molar-refractivity contribution in [1.82, 2.24) is 10.2 Å². The molecule has 2 amide bonds. The van der Waals surface area contributed by atoms with Crippen LogP contribution in [-0.2, 0) is 28.3 Å². The zero-order chi connectivity index (χ0) is 25.9. The number of hydrogen-bond donors (Lipinski definition) is 1. The predicted molar refractivity (Wildman–Crippen MR) is 151 cm³/mol. The van der Waals surface area contributed by atoms with Crippen LogP contribution in [0.15, 0.2) is 78.9 Å². The number of rotatable bonds is 12. The SMILES string of the molecule is CC(C)CNC(=O)[C@@H](Cc1ccccc1)N(Cc1ccccc1)C(=O)CSCc1ccc(Cl)c(Cl)c1. The molecule has 0 aromatic heterocycles. The molecule has 3 rings (SSSR count). The first-order valence-corrected chi connectivity index (χ1v) is 13.9. The van der Waals surface area contributed by atoms with E-state index in [1.165, 1.54) is 11.8 Å². The standard InChI is InChI=1S/C29H32Cl2N2O2S/c1-21(2)17-32-29(35)27(16-22-9-5-3-6-10-22)33(18-23-11-7-4-8-12-23)28(34)20-36-19-24-13-14-25(30)26(31)15-24/h3-15,21,27H,16-20H2,1-2H3,(H,32,35)/t27-/m1/s1. The predicted octanol–water partition coefficient (Wildman–Crippen LogP) is 6.64. The van der Waals surface area contributed by atoms with E-state index in [0.29, 0.717) is 41.2 Å². The number of hydrogen-bond acceptors (Lipinski definition) is 3. The van der Waals surface area contributed by atoms with Gasteiger partial charge in [-0.1, -0.05) is 104 Å². The highest BCUT2D eigenvalue weighted by molar-refractivity contribution is 7.99. The van der Waals surface area contributed by atoms with Gasteiger partial charge in [0.25, 0.3) is 0 Å². The van der Waals surface area contributed by atoms with Crippen molar-refractivity contribution in [2.24, 2.45) is 5.92 Å². The van der Waals surface area contributed by atoms with Gasteiger partial charge in [0, 0.05) is 25.3 Å². The summed E-state index contributed by atoms with van der Waals surface area (Å²) in [5, 5.41) is 4.05. The third-order valence-corrected chi connectivity index (χ3v) is 7.36. The van der Waals surface area contributed by atoms with Crippen LogP contribution in [0.5, 0.6) is 0 Å². The normalized spacial score (nSPS) is 11.8. The summed E-state index contributed by atoms with van der Waals surface area (Å²) in [6.07, 6.45) is 0.445. The van der Waals surface area contributed by atoms with E-state index >= 15 is 0 Å². The Balaban J connectivity index is 1.81. The smallest absolute Gasteiger partial charge is 0.243 e. The van der Waals surface area contributed by atoms with Crippen molar-refractivity contribution in [2.75, 3.05) is 12.3 Å². The van der Waals surface area contributed by atoms with Gasteiger partial charge in [-0.05, 0) is 34.7 Å². The molecule has 0 unspecified atom stereocenters. The Labute approximate surface area is 228 Å². The first kappa shape index (κ1) is 28.1. The summed E-state index contributed by atoms with van der Waals surface area (Å²) in [5.74, 6) is 0.961. The summed E-state index contributed by atoms with van der Waals surface area (Å²) in [7, 11) is 0. The van der Waals surface area contributed by atoms with E-state index in [4.69, 9.17) is 23.2 Å². The fourth-order valence-corrected chi connectivity index (χ4v) is 4.90. The van der Waals surface area contributed by atoms with Crippen LogP contribution in [0, 0.1) is 5.92 Å². The van der Waals surface area contributed by atoms with Crippen LogP contribution in [0.2, 0.25) is 10.0 Å². The number of halogens is 2. The van der Waals surface area contributed by atoms with Crippen LogP contribution < -0.4 is 5.32 Å². The molecule has 0 fully saturated rings. The first-order valence-electron chi connectivity index (χ1n) is 12.0. The Morgan fingerprint density at radius 1 is 0.861 bits per heavy atom. The van der Waals surface area contributed by atoms with Crippen molar-refractivity contribution in [2.45, 2.75) is 38.6 Å². The van der Waals surface area contributed by atoms with E-state index in [0.717, 1.165) is 16.7 Å². The number of carbonyl (C=O) groups excluding carboxylic acids is 2. The first-order chi connectivity index (χ1) is 17.3. The molecule has 0 aliphatic rings. The number of carbonyl (C=O) groups is 2. The Hall–Kier alpha value is -2.47. The van der Waals surface area contributed by atoms with Crippen LogP contribution in [0.3, 0.4) is 0 Å². The van der Waals surface area contributed by atoms with Gasteiger partial charge in [0.05, 0.1) is 15.8 Å². The number of nitrogens with one attached hydrogen (secondary N) is 1. The quantitative estimate of drug-likeness (QED) is 0.279. The Morgan fingerprint density at radius 3 is 2.11 bits per heavy atom. The highest BCUT2D eigenvalue weighted by atomic mass is 35.5. The van der Waals surface area contributed by atoms with Gasteiger partial charge in [-0.15, -0.1) is 11.8 Å². The lowest BCUT2D eigenvalue weighted by atomic mass is 10.0. The van der Waals surface area contributed by atoms with E-state index in [1.807, 2.05) is 72.8 Å². The summed E-state index contributed by atoms with van der Waals surface area (Å²) >= 11 is 13.7. The molecule has 7 heteroatoms. The van der Waals surface area contributed by atoms with Crippen molar-refractivity contribution in [3.63, 3.8) is 0 Å². The molecule has 0 radical (unpaired) electrons. The molecule has 3 aromatic rings. The van der Waals surface area contributed by atoms with E-state index < -0.39 is 6.04 Å². The molecule has 190 valence electrons. The van der Waals surface area contributed by atoms with E-state index in [1.54, 1.807) is 11.0 Å². The third-order valence-electron chi connectivity index (χ3n) is 5.63. The van der Waals surface area contributed by atoms with Gasteiger partial charge in [0.15, 0.2) is 0 Å². The highest BCUT2D eigenvalue weighted by Crippen LogP contribution is 2.25. The third kappa shape index (κ3) is 8.88. The van der Waals surface area contributed by atoms with E-state index in [-0.39, 0.29) is 17.6 Å². The Morgan fingerprint density at radius 2 is 1.50 bits per heavy atom. The minimum Gasteiger partial charge on any atom is -0.354 e. The lowest BCUT2D eigenvalue weighted by Crippen LogP contribution is -2.51.